The highest BCUT2D eigenvalue weighted by atomic mass is 19.3. The van der Waals surface area contributed by atoms with E-state index in [1.807, 2.05) is 0 Å². The predicted molar refractivity (Wildman–Crippen MR) is 40.3 cm³/mol. The maximum atomic E-state index is 12.4. The summed E-state index contributed by atoms with van der Waals surface area (Å²) in [7, 11) is 0. The van der Waals surface area contributed by atoms with Gasteiger partial charge in [0.2, 0.25) is 6.30 Å². The van der Waals surface area contributed by atoms with Gasteiger partial charge in [-0.05, 0) is 5.92 Å². The van der Waals surface area contributed by atoms with Gasteiger partial charge in [-0.15, -0.1) is 0 Å². The molecule has 0 saturated carbocycles. The molecule has 2 unspecified atom stereocenters. The fourth-order valence-electron chi connectivity index (χ4n) is 0.793. The minimum absolute atomic E-state index is 0.450. The number of nitrogens with one attached hydrogen (secondary N) is 1. The third-order valence-electron chi connectivity index (χ3n) is 1.49. The highest BCUT2D eigenvalue weighted by molar-refractivity contribution is 5.73. The van der Waals surface area contributed by atoms with Gasteiger partial charge in [0.25, 0.3) is 6.43 Å². The Balaban J connectivity index is 4.18. The summed E-state index contributed by atoms with van der Waals surface area (Å²) in [5, 5.41) is 10.2. The molecule has 0 aromatic rings. The van der Waals surface area contributed by atoms with E-state index in [0.717, 1.165) is 0 Å². The second-order valence-electron chi connectivity index (χ2n) is 2.96. The molecule has 0 aromatic heterocycles. The van der Waals surface area contributed by atoms with E-state index in [9.17, 15) is 18.0 Å². The van der Waals surface area contributed by atoms with Crippen molar-refractivity contribution in [3.63, 3.8) is 0 Å². The Hall–Kier alpha value is -0.780. The van der Waals surface area contributed by atoms with Crippen molar-refractivity contribution in [3.8, 4) is 0 Å². The maximum absolute atomic E-state index is 12.4. The standard InChI is InChI=1S/C7H12F3NO2/c1-3(2)4(7(12)13)11-6(10)5(8)9/h3-6,11H,1-2H3,(H,12,13). The Morgan fingerprint density at radius 2 is 1.77 bits per heavy atom. The lowest BCUT2D eigenvalue weighted by Gasteiger charge is -2.19. The summed E-state index contributed by atoms with van der Waals surface area (Å²) in [6, 6.07) is -1.29. The van der Waals surface area contributed by atoms with E-state index in [2.05, 4.69) is 0 Å². The second-order valence-corrected chi connectivity index (χ2v) is 2.96. The molecule has 6 heteroatoms. The summed E-state index contributed by atoms with van der Waals surface area (Å²) >= 11 is 0. The normalized spacial score (nSPS) is 16.2. The molecular formula is C7H12F3NO2. The van der Waals surface area contributed by atoms with Crippen LogP contribution in [0.3, 0.4) is 0 Å². The average Bonchev–Trinajstić information content (AvgIpc) is 1.97. The highest BCUT2D eigenvalue weighted by Gasteiger charge is 2.28. The fraction of sp³-hybridized carbons (Fsp3) is 0.857. The molecule has 0 aliphatic carbocycles. The van der Waals surface area contributed by atoms with Gasteiger partial charge in [-0.3, -0.25) is 10.1 Å². The lowest BCUT2D eigenvalue weighted by molar-refractivity contribution is -0.142. The molecule has 0 fully saturated rings. The summed E-state index contributed by atoms with van der Waals surface area (Å²) in [6.45, 7) is 3.01. The van der Waals surface area contributed by atoms with Crippen LogP contribution >= 0.6 is 0 Å². The highest BCUT2D eigenvalue weighted by Crippen LogP contribution is 2.08. The average molecular weight is 199 g/mol. The van der Waals surface area contributed by atoms with Gasteiger partial charge in [0.1, 0.15) is 6.04 Å². The van der Waals surface area contributed by atoms with E-state index < -0.39 is 30.7 Å². The summed E-state index contributed by atoms with van der Waals surface area (Å²) in [6.07, 6.45) is -5.80. The van der Waals surface area contributed by atoms with Crippen molar-refractivity contribution < 1.29 is 23.1 Å². The number of hydrogen-bond acceptors (Lipinski definition) is 2. The molecule has 2 N–H and O–H groups in total. The van der Waals surface area contributed by atoms with Gasteiger partial charge in [0.15, 0.2) is 0 Å². The number of alkyl halides is 3. The van der Waals surface area contributed by atoms with Crippen molar-refractivity contribution in [3.05, 3.63) is 0 Å². The van der Waals surface area contributed by atoms with Crippen molar-refractivity contribution >= 4 is 5.97 Å². The largest absolute Gasteiger partial charge is 0.480 e. The van der Waals surface area contributed by atoms with Crippen LogP contribution in [0.5, 0.6) is 0 Å². The first-order valence-electron chi connectivity index (χ1n) is 3.77. The van der Waals surface area contributed by atoms with Crippen molar-refractivity contribution in [2.45, 2.75) is 32.6 Å². The number of halogens is 3. The topological polar surface area (TPSA) is 49.3 Å². The molecule has 0 aliphatic heterocycles. The number of carboxylic acids is 1. The fourth-order valence-corrected chi connectivity index (χ4v) is 0.793. The van der Waals surface area contributed by atoms with Crippen molar-refractivity contribution in [2.24, 2.45) is 5.92 Å². The Kier molecular flexibility index (Phi) is 4.76. The zero-order valence-corrected chi connectivity index (χ0v) is 7.30. The third kappa shape index (κ3) is 4.12. The van der Waals surface area contributed by atoms with Gasteiger partial charge in [0.05, 0.1) is 0 Å². The molecular weight excluding hydrogens is 187 g/mol. The minimum Gasteiger partial charge on any atom is -0.480 e. The van der Waals surface area contributed by atoms with Crippen LogP contribution < -0.4 is 5.32 Å². The molecule has 0 heterocycles. The van der Waals surface area contributed by atoms with Crippen LogP contribution in [-0.4, -0.2) is 29.8 Å². The number of carbonyl (C=O) groups is 1. The van der Waals surface area contributed by atoms with E-state index in [1.165, 1.54) is 13.8 Å². The van der Waals surface area contributed by atoms with Gasteiger partial charge >= 0.3 is 5.97 Å². The smallest absolute Gasteiger partial charge is 0.321 e. The molecule has 0 amide bonds. The Morgan fingerprint density at radius 3 is 2.00 bits per heavy atom. The summed E-state index contributed by atoms with van der Waals surface area (Å²) in [4.78, 5) is 10.4. The molecule has 0 bridgehead atoms. The number of rotatable bonds is 5. The summed E-state index contributed by atoms with van der Waals surface area (Å²) < 4.78 is 35.7. The first-order chi connectivity index (χ1) is 5.86. The molecule has 0 radical (unpaired) electrons. The molecule has 0 saturated heterocycles. The van der Waals surface area contributed by atoms with E-state index in [0.29, 0.717) is 0 Å². The summed E-state index contributed by atoms with van der Waals surface area (Å²) in [5.41, 5.74) is 0. The first-order valence-corrected chi connectivity index (χ1v) is 3.77. The molecule has 13 heavy (non-hydrogen) atoms. The van der Waals surface area contributed by atoms with Gasteiger partial charge in [0, 0.05) is 0 Å². The van der Waals surface area contributed by atoms with Crippen molar-refractivity contribution in [1.82, 2.24) is 5.32 Å². The Bertz CT molecular complexity index is 175. The zero-order chi connectivity index (χ0) is 10.6. The summed E-state index contributed by atoms with van der Waals surface area (Å²) in [5.74, 6) is -1.78. The van der Waals surface area contributed by atoms with Crippen LogP contribution in [0.2, 0.25) is 0 Å². The Labute approximate surface area is 73.9 Å². The van der Waals surface area contributed by atoms with E-state index in [4.69, 9.17) is 5.11 Å². The van der Waals surface area contributed by atoms with E-state index >= 15 is 0 Å². The van der Waals surface area contributed by atoms with Gasteiger partial charge < -0.3 is 5.11 Å². The van der Waals surface area contributed by atoms with Crippen LogP contribution in [0.4, 0.5) is 13.2 Å². The van der Waals surface area contributed by atoms with Gasteiger partial charge in [-0.1, -0.05) is 13.8 Å². The zero-order valence-electron chi connectivity index (χ0n) is 7.30. The predicted octanol–water partition coefficient (Wildman–Crippen LogP) is 1.25. The Morgan fingerprint density at radius 1 is 1.31 bits per heavy atom. The lowest BCUT2D eigenvalue weighted by Crippen LogP contribution is -2.47. The third-order valence-corrected chi connectivity index (χ3v) is 1.49. The van der Waals surface area contributed by atoms with Crippen molar-refractivity contribution in [2.75, 3.05) is 0 Å². The van der Waals surface area contributed by atoms with Crippen molar-refractivity contribution in [1.29, 1.82) is 0 Å². The number of carboxylic acid groups (broad SMARTS) is 1. The second kappa shape index (κ2) is 5.06. The lowest BCUT2D eigenvalue weighted by atomic mass is 10.1. The molecule has 3 nitrogen and oxygen atoms in total. The quantitative estimate of drug-likeness (QED) is 0.655. The van der Waals surface area contributed by atoms with Crippen LogP contribution in [0.15, 0.2) is 0 Å². The molecule has 0 spiro atoms. The number of hydrogen-bond donors (Lipinski definition) is 2. The molecule has 0 rings (SSSR count). The molecule has 2 atom stereocenters. The van der Waals surface area contributed by atoms with E-state index in [1.54, 1.807) is 5.32 Å². The molecule has 0 aliphatic rings. The maximum Gasteiger partial charge on any atom is 0.321 e. The molecule has 0 aromatic carbocycles. The molecule has 78 valence electrons. The van der Waals surface area contributed by atoms with Crippen LogP contribution in [0.25, 0.3) is 0 Å². The SMILES string of the molecule is CC(C)C(NC(F)C(F)F)C(=O)O. The number of aliphatic carboxylic acids is 1. The van der Waals surface area contributed by atoms with Crippen LogP contribution in [0.1, 0.15) is 13.8 Å². The first kappa shape index (κ1) is 12.2. The van der Waals surface area contributed by atoms with Gasteiger partial charge in [-0.25, -0.2) is 13.2 Å². The van der Waals surface area contributed by atoms with Crippen LogP contribution in [0, 0.1) is 5.92 Å². The van der Waals surface area contributed by atoms with Crippen LogP contribution in [-0.2, 0) is 4.79 Å². The minimum atomic E-state index is -3.21. The monoisotopic (exact) mass is 199 g/mol. The van der Waals surface area contributed by atoms with Gasteiger partial charge in [-0.2, -0.15) is 0 Å². The van der Waals surface area contributed by atoms with E-state index in [-0.39, 0.29) is 0 Å².